The first-order valence-electron chi connectivity index (χ1n) is 10.6. The highest BCUT2D eigenvalue weighted by Gasteiger charge is 2.32. The van der Waals surface area contributed by atoms with Crippen molar-refractivity contribution in [1.29, 1.82) is 0 Å². The van der Waals surface area contributed by atoms with Crippen molar-refractivity contribution in [3.05, 3.63) is 35.8 Å². The molecule has 2 aliphatic heterocycles. The van der Waals surface area contributed by atoms with Gasteiger partial charge < -0.3 is 25.4 Å². The molecular formula is C22H29FN4O5. The molecule has 0 aliphatic carbocycles. The van der Waals surface area contributed by atoms with Crippen LogP contribution in [0.1, 0.15) is 33.6 Å². The van der Waals surface area contributed by atoms with Gasteiger partial charge >= 0.3 is 6.09 Å². The van der Waals surface area contributed by atoms with Crippen LogP contribution in [0.4, 0.5) is 20.6 Å². The molecule has 3 amide bonds. The van der Waals surface area contributed by atoms with Crippen molar-refractivity contribution in [2.45, 2.75) is 45.3 Å². The average Bonchev–Trinajstić information content (AvgIpc) is 2.97. The molecule has 0 spiro atoms. The van der Waals surface area contributed by atoms with E-state index in [1.54, 1.807) is 17.0 Å². The van der Waals surface area contributed by atoms with Crippen LogP contribution in [-0.2, 0) is 14.3 Å². The Hall–Kier alpha value is -3.14. The Labute approximate surface area is 186 Å². The maximum Gasteiger partial charge on any atom is 0.410 e. The van der Waals surface area contributed by atoms with Crippen molar-refractivity contribution in [2.24, 2.45) is 0 Å². The van der Waals surface area contributed by atoms with E-state index >= 15 is 0 Å². The lowest BCUT2D eigenvalue weighted by Gasteiger charge is -2.34. The molecule has 174 valence electrons. The van der Waals surface area contributed by atoms with Crippen LogP contribution in [-0.4, -0.2) is 70.7 Å². The second kappa shape index (κ2) is 9.56. The Morgan fingerprint density at radius 3 is 2.56 bits per heavy atom. The van der Waals surface area contributed by atoms with Crippen molar-refractivity contribution < 1.29 is 28.6 Å². The predicted octanol–water partition coefficient (Wildman–Crippen LogP) is 2.29. The maximum atomic E-state index is 14.6. The van der Waals surface area contributed by atoms with Crippen LogP contribution in [0.25, 0.3) is 0 Å². The van der Waals surface area contributed by atoms with Gasteiger partial charge in [-0.15, -0.1) is 0 Å². The smallest absolute Gasteiger partial charge is 0.410 e. The molecule has 3 N–H and O–H groups in total. The Morgan fingerprint density at radius 2 is 1.94 bits per heavy atom. The zero-order valence-corrected chi connectivity index (χ0v) is 18.5. The number of carbonyl (C=O) groups is 3. The number of nitrogens with zero attached hydrogens (tertiary/aromatic N) is 2. The SMILES string of the molecule is CC(C)(C)OC(=O)N1CCC(Nc2cccc(F)c2NC2=CC(=O)N(CCO)C2=O)CC1. The van der Waals surface area contributed by atoms with Gasteiger partial charge in [0.15, 0.2) is 0 Å². The standard InChI is InChI=1S/C22H29FN4O5/c1-22(2,3)32-21(31)26-9-7-14(8-10-26)24-16-6-4-5-15(23)19(16)25-17-13-18(29)27(11-12-28)20(17)30/h4-6,13-14,24-25,28H,7-12H2,1-3H3. The summed E-state index contributed by atoms with van der Waals surface area (Å²) >= 11 is 0. The van der Waals surface area contributed by atoms with Gasteiger partial charge in [-0.2, -0.15) is 0 Å². The lowest BCUT2D eigenvalue weighted by molar-refractivity contribution is -0.137. The van der Waals surface area contributed by atoms with Crippen LogP contribution in [0, 0.1) is 5.82 Å². The fourth-order valence-electron chi connectivity index (χ4n) is 3.57. The number of imide groups is 1. The van der Waals surface area contributed by atoms with Gasteiger partial charge in [-0.25, -0.2) is 9.18 Å². The van der Waals surface area contributed by atoms with Gasteiger partial charge in [0, 0.05) is 25.2 Å². The third-order valence-electron chi connectivity index (χ3n) is 5.11. The highest BCUT2D eigenvalue weighted by Crippen LogP contribution is 2.30. The zero-order chi connectivity index (χ0) is 23.5. The number of ether oxygens (including phenoxy) is 1. The summed E-state index contributed by atoms with van der Waals surface area (Å²) < 4.78 is 20.0. The van der Waals surface area contributed by atoms with Crippen LogP contribution in [0.15, 0.2) is 30.0 Å². The molecule has 3 rings (SSSR count). The van der Waals surface area contributed by atoms with E-state index in [1.165, 1.54) is 6.07 Å². The van der Waals surface area contributed by atoms with E-state index in [4.69, 9.17) is 9.84 Å². The number of halogens is 1. The van der Waals surface area contributed by atoms with Crippen LogP contribution < -0.4 is 10.6 Å². The molecule has 0 saturated carbocycles. The number of carbonyl (C=O) groups excluding carboxylic acids is 3. The highest BCUT2D eigenvalue weighted by molar-refractivity contribution is 6.17. The van der Waals surface area contributed by atoms with E-state index in [9.17, 15) is 18.8 Å². The summed E-state index contributed by atoms with van der Waals surface area (Å²) in [7, 11) is 0. The molecule has 10 heteroatoms. The van der Waals surface area contributed by atoms with Crippen molar-refractivity contribution in [2.75, 3.05) is 36.9 Å². The summed E-state index contributed by atoms with van der Waals surface area (Å²) in [6, 6.07) is 4.47. The predicted molar refractivity (Wildman–Crippen MR) is 116 cm³/mol. The number of hydrogen-bond acceptors (Lipinski definition) is 7. The third-order valence-corrected chi connectivity index (χ3v) is 5.11. The van der Waals surface area contributed by atoms with E-state index in [1.807, 2.05) is 20.8 Å². The second-order valence-corrected chi connectivity index (χ2v) is 8.75. The fraction of sp³-hybridized carbons (Fsp3) is 0.500. The van der Waals surface area contributed by atoms with Gasteiger partial charge in [0.25, 0.3) is 11.8 Å². The molecule has 2 aliphatic rings. The molecule has 1 aromatic rings. The fourth-order valence-corrected chi connectivity index (χ4v) is 3.57. The van der Waals surface area contributed by atoms with E-state index in [0.717, 1.165) is 11.0 Å². The zero-order valence-electron chi connectivity index (χ0n) is 18.5. The number of aliphatic hydroxyl groups excluding tert-OH is 1. The monoisotopic (exact) mass is 448 g/mol. The van der Waals surface area contributed by atoms with E-state index in [2.05, 4.69) is 10.6 Å². The molecule has 0 radical (unpaired) electrons. The number of nitrogens with one attached hydrogen (secondary N) is 2. The first kappa shape index (κ1) is 23.5. The molecule has 0 atom stereocenters. The number of β-amino-alcohol motifs (C(OH)–C–C–N with tert-alkyl or cyclic N) is 1. The largest absolute Gasteiger partial charge is 0.444 e. The van der Waals surface area contributed by atoms with Gasteiger partial charge in [0.1, 0.15) is 17.1 Å². The summed E-state index contributed by atoms with van der Waals surface area (Å²) in [5.41, 5.74) is -0.117. The van der Waals surface area contributed by atoms with Gasteiger partial charge in [-0.1, -0.05) is 6.07 Å². The van der Waals surface area contributed by atoms with Crippen LogP contribution in [0.5, 0.6) is 0 Å². The number of likely N-dealkylation sites (tertiary alicyclic amines) is 1. The van der Waals surface area contributed by atoms with Crippen LogP contribution >= 0.6 is 0 Å². The van der Waals surface area contributed by atoms with Gasteiger partial charge in [0.05, 0.1) is 24.5 Å². The molecule has 1 saturated heterocycles. The molecule has 1 aromatic carbocycles. The van der Waals surface area contributed by atoms with Crippen LogP contribution in [0.2, 0.25) is 0 Å². The second-order valence-electron chi connectivity index (χ2n) is 8.75. The van der Waals surface area contributed by atoms with Gasteiger partial charge in [0.2, 0.25) is 0 Å². The topological polar surface area (TPSA) is 111 Å². The van der Waals surface area contributed by atoms with E-state index < -0.39 is 23.2 Å². The molecule has 9 nitrogen and oxygen atoms in total. The summed E-state index contributed by atoms with van der Waals surface area (Å²) in [6.45, 7) is 5.97. The number of amides is 3. The Morgan fingerprint density at radius 1 is 1.25 bits per heavy atom. The molecule has 2 heterocycles. The van der Waals surface area contributed by atoms with Crippen molar-refractivity contribution in [3.63, 3.8) is 0 Å². The molecule has 1 fully saturated rings. The third kappa shape index (κ3) is 5.56. The van der Waals surface area contributed by atoms with Crippen molar-refractivity contribution >= 4 is 29.3 Å². The maximum absolute atomic E-state index is 14.6. The number of rotatable bonds is 6. The number of hydrogen-bond donors (Lipinski definition) is 3. The normalized spacial score (nSPS) is 17.5. The minimum Gasteiger partial charge on any atom is -0.444 e. The molecule has 32 heavy (non-hydrogen) atoms. The quantitative estimate of drug-likeness (QED) is 0.573. The number of aliphatic hydroxyl groups is 1. The molecule has 0 aromatic heterocycles. The average molecular weight is 448 g/mol. The number of piperidine rings is 1. The first-order chi connectivity index (χ1) is 15.1. The van der Waals surface area contributed by atoms with Gasteiger partial charge in [-0.3, -0.25) is 14.5 Å². The summed E-state index contributed by atoms with van der Waals surface area (Å²) in [5.74, 6) is -1.77. The number of benzene rings is 1. The minimum absolute atomic E-state index is 0.0168. The number of anilines is 2. The van der Waals surface area contributed by atoms with E-state index in [-0.39, 0.29) is 36.7 Å². The highest BCUT2D eigenvalue weighted by atomic mass is 19.1. The van der Waals surface area contributed by atoms with E-state index in [0.29, 0.717) is 31.6 Å². The Balaban J connectivity index is 1.65. The number of para-hydroxylation sites is 1. The summed E-state index contributed by atoms with van der Waals surface area (Å²) in [6.07, 6.45) is 2.01. The van der Waals surface area contributed by atoms with Crippen molar-refractivity contribution in [3.8, 4) is 0 Å². The van der Waals surface area contributed by atoms with Crippen molar-refractivity contribution in [1.82, 2.24) is 9.80 Å². The minimum atomic E-state index is -0.621. The Kier molecular flexibility index (Phi) is 7.02. The van der Waals surface area contributed by atoms with Crippen LogP contribution in [0.3, 0.4) is 0 Å². The van der Waals surface area contributed by atoms with Gasteiger partial charge in [-0.05, 0) is 45.7 Å². The molecule has 0 unspecified atom stereocenters. The summed E-state index contributed by atoms with van der Waals surface area (Å²) in [5, 5.41) is 15.0. The summed E-state index contributed by atoms with van der Waals surface area (Å²) in [4.78, 5) is 39.1. The lowest BCUT2D eigenvalue weighted by Crippen LogP contribution is -2.44. The Bertz CT molecular complexity index is 919. The molecule has 0 bridgehead atoms. The lowest BCUT2D eigenvalue weighted by atomic mass is 10.0. The molecular weight excluding hydrogens is 419 g/mol. The first-order valence-corrected chi connectivity index (χ1v) is 10.6.